The van der Waals surface area contributed by atoms with Crippen LogP contribution in [-0.2, 0) is 10.0 Å². The van der Waals surface area contributed by atoms with E-state index in [1.807, 2.05) is 13.2 Å². The van der Waals surface area contributed by atoms with Crippen LogP contribution in [0, 0.1) is 0 Å². The first-order chi connectivity index (χ1) is 8.40. The van der Waals surface area contributed by atoms with Gasteiger partial charge in [-0.2, -0.15) is 11.8 Å². The normalized spacial score (nSPS) is 13.5. The number of anilines is 1. The van der Waals surface area contributed by atoms with E-state index < -0.39 is 10.0 Å². The predicted octanol–water partition coefficient (Wildman–Crippen LogP) is 2.34. The molecule has 0 bridgehead atoms. The van der Waals surface area contributed by atoms with Gasteiger partial charge < -0.3 is 5.73 Å². The van der Waals surface area contributed by atoms with Crippen molar-refractivity contribution in [2.24, 2.45) is 0 Å². The lowest BCUT2D eigenvalue weighted by molar-refractivity contribution is 0.558. The smallest absolute Gasteiger partial charge is 0.242 e. The van der Waals surface area contributed by atoms with Crippen LogP contribution in [0.2, 0.25) is 5.02 Å². The molecule has 0 aromatic heterocycles. The molecular weight excluding hydrogens is 292 g/mol. The second-order valence-electron chi connectivity index (χ2n) is 3.86. The number of sulfonamides is 1. The van der Waals surface area contributed by atoms with Gasteiger partial charge in [-0.1, -0.05) is 18.5 Å². The van der Waals surface area contributed by atoms with Crippen LogP contribution in [0.4, 0.5) is 5.69 Å². The standard InChI is InChI=1S/C11H17ClN2O2S2/c1-3-9(7-17-2)14-18(15,16)11-5-4-8(12)6-10(11)13/h4-6,9,14H,3,7,13H2,1-2H3. The quantitative estimate of drug-likeness (QED) is 0.791. The minimum absolute atomic E-state index is 0.0754. The highest BCUT2D eigenvalue weighted by atomic mass is 35.5. The van der Waals surface area contributed by atoms with E-state index in [1.54, 1.807) is 11.8 Å². The van der Waals surface area contributed by atoms with E-state index >= 15 is 0 Å². The molecule has 102 valence electrons. The molecule has 0 saturated heterocycles. The van der Waals surface area contributed by atoms with Crippen molar-refractivity contribution in [3.05, 3.63) is 23.2 Å². The number of benzene rings is 1. The molecule has 1 aromatic rings. The molecule has 3 N–H and O–H groups in total. The zero-order valence-electron chi connectivity index (χ0n) is 10.3. The third kappa shape index (κ3) is 4.05. The molecule has 1 unspecified atom stereocenters. The lowest BCUT2D eigenvalue weighted by atomic mass is 10.3. The summed E-state index contributed by atoms with van der Waals surface area (Å²) in [5.74, 6) is 0.725. The third-order valence-corrected chi connectivity index (χ3v) is 5.01. The number of hydrogen-bond acceptors (Lipinski definition) is 4. The van der Waals surface area contributed by atoms with Gasteiger partial charge in [0.15, 0.2) is 0 Å². The number of nitrogens with one attached hydrogen (secondary N) is 1. The molecular formula is C11H17ClN2O2S2. The van der Waals surface area contributed by atoms with E-state index in [0.717, 1.165) is 12.2 Å². The summed E-state index contributed by atoms with van der Waals surface area (Å²) < 4.78 is 27.0. The van der Waals surface area contributed by atoms with Crippen molar-refractivity contribution in [3.8, 4) is 0 Å². The van der Waals surface area contributed by atoms with Gasteiger partial charge in [-0.3, -0.25) is 0 Å². The highest BCUT2D eigenvalue weighted by Crippen LogP contribution is 2.22. The maximum Gasteiger partial charge on any atom is 0.242 e. The fourth-order valence-corrected chi connectivity index (χ4v) is 3.92. The Kier molecular flexibility index (Phi) is 5.78. The third-order valence-electron chi connectivity index (χ3n) is 2.44. The Labute approximate surface area is 117 Å². The van der Waals surface area contributed by atoms with Gasteiger partial charge in [0.25, 0.3) is 0 Å². The average molecular weight is 309 g/mol. The van der Waals surface area contributed by atoms with E-state index in [0.29, 0.717) is 5.02 Å². The average Bonchev–Trinajstić information content (AvgIpc) is 2.27. The molecule has 18 heavy (non-hydrogen) atoms. The number of thioether (sulfide) groups is 1. The van der Waals surface area contributed by atoms with Gasteiger partial charge in [-0.05, 0) is 30.9 Å². The van der Waals surface area contributed by atoms with Crippen molar-refractivity contribution < 1.29 is 8.42 Å². The first-order valence-corrected chi connectivity index (χ1v) is 8.72. The van der Waals surface area contributed by atoms with Crippen LogP contribution in [0.25, 0.3) is 0 Å². The topological polar surface area (TPSA) is 72.2 Å². The van der Waals surface area contributed by atoms with Crippen molar-refractivity contribution >= 4 is 39.1 Å². The summed E-state index contributed by atoms with van der Waals surface area (Å²) in [6, 6.07) is 4.28. The lowest BCUT2D eigenvalue weighted by Crippen LogP contribution is -2.36. The Morgan fingerprint density at radius 1 is 1.50 bits per heavy atom. The molecule has 0 fully saturated rings. The van der Waals surface area contributed by atoms with E-state index in [4.69, 9.17) is 17.3 Å². The maximum absolute atomic E-state index is 12.2. The molecule has 0 aliphatic heterocycles. The largest absolute Gasteiger partial charge is 0.398 e. The second-order valence-corrected chi connectivity index (χ2v) is 6.89. The van der Waals surface area contributed by atoms with E-state index in [9.17, 15) is 8.42 Å². The van der Waals surface area contributed by atoms with E-state index in [-0.39, 0.29) is 16.6 Å². The molecule has 1 rings (SSSR count). The predicted molar refractivity (Wildman–Crippen MR) is 78.6 cm³/mol. The molecule has 1 aromatic carbocycles. The van der Waals surface area contributed by atoms with E-state index in [2.05, 4.69) is 4.72 Å². The van der Waals surface area contributed by atoms with Crippen molar-refractivity contribution in [1.82, 2.24) is 4.72 Å². The van der Waals surface area contributed by atoms with Gasteiger partial charge in [0.1, 0.15) is 4.90 Å². The summed E-state index contributed by atoms with van der Waals surface area (Å²) in [4.78, 5) is 0.0754. The van der Waals surface area contributed by atoms with Crippen molar-refractivity contribution in [2.75, 3.05) is 17.7 Å². The number of nitrogen functional groups attached to an aromatic ring is 1. The summed E-state index contributed by atoms with van der Waals surface area (Å²) in [7, 11) is -3.59. The highest BCUT2D eigenvalue weighted by molar-refractivity contribution is 7.98. The number of rotatable bonds is 6. The first kappa shape index (κ1) is 15.6. The number of halogens is 1. The SMILES string of the molecule is CCC(CSC)NS(=O)(=O)c1ccc(Cl)cc1N. The van der Waals surface area contributed by atoms with E-state index in [1.165, 1.54) is 18.2 Å². The minimum Gasteiger partial charge on any atom is -0.398 e. The fraction of sp³-hybridized carbons (Fsp3) is 0.455. The molecule has 0 aliphatic rings. The molecule has 0 heterocycles. The van der Waals surface area contributed by atoms with Crippen LogP contribution >= 0.6 is 23.4 Å². The number of nitrogens with two attached hydrogens (primary N) is 1. The summed E-state index contributed by atoms with van der Waals surface area (Å²) in [6.45, 7) is 1.94. The van der Waals surface area contributed by atoms with Crippen LogP contribution < -0.4 is 10.5 Å². The molecule has 0 aliphatic carbocycles. The molecule has 0 amide bonds. The van der Waals surface area contributed by atoms with Gasteiger partial charge in [0, 0.05) is 16.8 Å². The maximum atomic E-state index is 12.2. The zero-order chi connectivity index (χ0) is 13.8. The summed E-state index contributed by atoms with van der Waals surface area (Å²) in [5, 5.41) is 0.419. The van der Waals surface area contributed by atoms with Gasteiger partial charge in [0.2, 0.25) is 10.0 Å². The van der Waals surface area contributed by atoms with Crippen molar-refractivity contribution in [2.45, 2.75) is 24.3 Å². The van der Waals surface area contributed by atoms with Crippen LogP contribution in [0.1, 0.15) is 13.3 Å². The van der Waals surface area contributed by atoms with Gasteiger partial charge in [-0.25, -0.2) is 13.1 Å². The Hall–Kier alpha value is -0.430. The molecule has 4 nitrogen and oxygen atoms in total. The Balaban J connectivity index is 2.99. The van der Waals surface area contributed by atoms with Gasteiger partial charge >= 0.3 is 0 Å². The van der Waals surface area contributed by atoms with Crippen molar-refractivity contribution in [1.29, 1.82) is 0 Å². The Morgan fingerprint density at radius 3 is 2.67 bits per heavy atom. The highest BCUT2D eigenvalue weighted by Gasteiger charge is 2.21. The van der Waals surface area contributed by atoms with Gasteiger partial charge in [-0.15, -0.1) is 0 Å². The van der Waals surface area contributed by atoms with Gasteiger partial charge in [0.05, 0.1) is 5.69 Å². The second kappa shape index (κ2) is 6.65. The minimum atomic E-state index is -3.59. The van der Waals surface area contributed by atoms with Crippen LogP contribution in [0.5, 0.6) is 0 Å². The molecule has 0 radical (unpaired) electrons. The monoisotopic (exact) mass is 308 g/mol. The molecule has 0 saturated carbocycles. The fourth-order valence-electron chi connectivity index (χ4n) is 1.48. The van der Waals surface area contributed by atoms with Crippen molar-refractivity contribution in [3.63, 3.8) is 0 Å². The van der Waals surface area contributed by atoms with Crippen LogP contribution in [0.3, 0.4) is 0 Å². The molecule has 7 heteroatoms. The first-order valence-electron chi connectivity index (χ1n) is 5.47. The number of hydrogen-bond donors (Lipinski definition) is 2. The lowest BCUT2D eigenvalue weighted by Gasteiger charge is -2.16. The van der Waals surface area contributed by atoms with Crippen LogP contribution in [0.15, 0.2) is 23.1 Å². The zero-order valence-corrected chi connectivity index (χ0v) is 12.7. The summed E-state index contributed by atoms with van der Waals surface area (Å²) in [6.07, 6.45) is 2.67. The molecule has 0 spiro atoms. The molecule has 1 atom stereocenters. The Bertz CT molecular complexity index is 506. The Morgan fingerprint density at radius 2 is 2.17 bits per heavy atom. The summed E-state index contributed by atoms with van der Waals surface area (Å²) >= 11 is 7.35. The van der Waals surface area contributed by atoms with Crippen LogP contribution in [-0.4, -0.2) is 26.5 Å². The summed E-state index contributed by atoms with van der Waals surface area (Å²) in [5.41, 5.74) is 5.85.